The van der Waals surface area contributed by atoms with E-state index in [2.05, 4.69) is 68.5 Å². The van der Waals surface area contributed by atoms with Crippen molar-refractivity contribution in [1.29, 1.82) is 0 Å². The summed E-state index contributed by atoms with van der Waals surface area (Å²) >= 11 is 0. The van der Waals surface area contributed by atoms with E-state index in [1.54, 1.807) is 11.0 Å². The van der Waals surface area contributed by atoms with Crippen LogP contribution in [0.25, 0.3) is 0 Å². The maximum absolute atomic E-state index is 13.1. The van der Waals surface area contributed by atoms with Crippen LogP contribution < -0.4 is 15.5 Å². The Bertz CT molecular complexity index is 1760. The fourth-order valence-electron chi connectivity index (χ4n) is 8.88. The molecule has 4 fully saturated rings. The number of aliphatic hydroxyl groups is 1. The Kier molecular flexibility index (Phi) is 8.59. The summed E-state index contributed by atoms with van der Waals surface area (Å²) in [6.07, 6.45) is 10.3. The molecule has 3 aromatic rings. The van der Waals surface area contributed by atoms with Gasteiger partial charge in [-0.25, -0.2) is 9.97 Å². The number of hydrogen-bond donors (Lipinski definition) is 3. The minimum Gasteiger partial charge on any atom is -0.385 e. The molecule has 50 heavy (non-hydrogen) atoms. The van der Waals surface area contributed by atoms with Gasteiger partial charge >= 0.3 is 0 Å². The van der Waals surface area contributed by atoms with E-state index in [0.717, 1.165) is 55.1 Å². The zero-order chi connectivity index (χ0) is 34.6. The average molecular weight is 678 g/mol. The molecule has 0 spiro atoms. The van der Waals surface area contributed by atoms with Gasteiger partial charge < -0.3 is 20.2 Å². The van der Waals surface area contributed by atoms with E-state index in [1.165, 1.54) is 24.1 Å². The molecule has 3 unspecified atom stereocenters. The van der Waals surface area contributed by atoms with Gasteiger partial charge in [0.2, 0.25) is 17.8 Å². The van der Waals surface area contributed by atoms with Crippen LogP contribution in [-0.2, 0) is 28.3 Å². The predicted molar refractivity (Wildman–Crippen MR) is 189 cm³/mol. The lowest BCUT2D eigenvalue weighted by atomic mass is 9.83. The molecule has 11 heteroatoms. The summed E-state index contributed by atoms with van der Waals surface area (Å²) < 4.78 is 0. The molecule has 0 aliphatic carbocycles. The molecule has 4 saturated heterocycles. The molecule has 262 valence electrons. The van der Waals surface area contributed by atoms with Crippen LogP contribution in [0.5, 0.6) is 0 Å². The number of benzene rings is 2. The zero-order valence-corrected chi connectivity index (χ0v) is 29.0. The number of fused-ring (bicyclic) bond motifs is 3. The average Bonchev–Trinajstić information content (AvgIpc) is 3.58. The number of carbonyl (C=O) groups is 3. The van der Waals surface area contributed by atoms with Crippen LogP contribution in [0.2, 0.25) is 0 Å². The monoisotopic (exact) mass is 677 g/mol. The van der Waals surface area contributed by atoms with Gasteiger partial charge in [0.25, 0.3) is 5.91 Å². The fraction of sp³-hybridized carbons (Fsp3) is 0.513. The first-order valence-electron chi connectivity index (χ1n) is 18.3. The molecule has 3 amide bonds. The highest BCUT2D eigenvalue weighted by atomic mass is 16.3. The highest BCUT2D eigenvalue weighted by Crippen LogP contribution is 2.41. The molecule has 6 heterocycles. The summed E-state index contributed by atoms with van der Waals surface area (Å²) in [5.74, 6) is 0.254. The van der Waals surface area contributed by atoms with Crippen molar-refractivity contribution in [2.45, 2.75) is 114 Å². The Morgan fingerprint density at radius 3 is 2.32 bits per heavy atom. The lowest BCUT2D eigenvalue weighted by Gasteiger charge is -2.41. The van der Waals surface area contributed by atoms with Crippen LogP contribution in [0.3, 0.4) is 0 Å². The van der Waals surface area contributed by atoms with Gasteiger partial charge in [0, 0.05) is 74.4 Å². The maximum atomic E-state index is 13.1. The number of piperidine rings is 3. The van der Waals surface area contributed by atoms with E-state index >= 15 is 0 Å². The predicted octanol–water partition coefficient (Wildman–Crippen LogP) is 4.46. The van der Waals surface area contributed by atoms with E-state index in [9.17, 15) is 19.5 Å². The van der Waals surface area contributed by atoms with Gasteiger partial charge in [-0.2, -0.15) is 0 Å². The van der Waals surface area contributed by atoms with Crippen molar-refractivity contribution in [3.63, 3.8) is 0 Å². The number of nitrogens with one attached hydrogen (secondary N) is 2. The molecular formula is C39H47N7O4. The number of imide groups is 1. The Labute approximate surface area is 293 Å². The standard InChI is InChI=1S/C39H47N7O4/c1-24(2)27-20-40-38(41-21-27)42-29-18-31-8-9-32(19-29)46(31)30-6-3-25(4-7-30)22-44-15-13-39(50,14-16-44)28-5-10-33-26(17-28)23-45(37(33)49)34-11-12-35(47)43-36(34)48/h3-7,10,17,20-21,24,29,31-32,34,50H,8-9,11-16,18-19,22-23H2,1-2H3,(H,40,41,42)(H,43,47,48). The number of hydrogen-bond acceptors (Lipinski definition) is 9. The van der Waals surface area contributed by atoms with Crippen molar-refractivity contribution in [3.05, 3.63) is 82.7 Å². The zero-order valence-electron chi connectivity index (χ0n) is 29.0. The van der Waals surface area contributed by atoms with Crippen molar-refractivity contribution in [2.24, 2.45) is 0 Å². The molecule has 11 nitrogen and oxygen atoms in total. The number of aromatic nitrogens is 2. The third kappa shape index (κ3) is 6.26. The van der Waals surface area contributed by atoms with Crippen molar-refractivity contribution >= 4 is 29.4 Å². The van der Waals surface area contributed by atoms with Crippen LogP contribution in [0, 0.1) is 0 Å². The first-order valence-corrected chi connectivity index (χ1v) is 18.3. The Hall–Kier alpha value is -4.35. The van der Waals surface area contributed by atoms with Gasteiger partial charge in [0.15, 0.2) is 0 Å². The molecule has 0 radical (unpaired) electrons. The SMILES string of the molecule is CC(C)c1cnc(NC2CC3CCC(C2)N3c2ccc(CN3CCC(O)(c4ccc5c(c4)CN(C4CCC(=O)NC4=O)C5=O)CC3)cc2)nc1. The number of nitrogens with zero attached hydrogens (tertiary/aromatic N) is 5. The molecule has 1 aromatic heterocycles. The smallest absolute Gasteiger partial charge is 0.255 e. The van der Waals surface area contributed by atoms with E-state index < -0.39 is 17.6 Å². The van der Waals surface area contributed by atoms with Gasteiger partial charge in [-0.3, -0.25) is 24.6 Å². The molecule has 5 aliphatic heterocycles. The van der Waals surface area contributed by atoms with E-state index in [-0.39, 0.29) is 18.2 Å². The maximum Gasteiger partial charge on any atom is 0.255 e. The molecule has 3 N–H and O–H groups in total. The van der Waals surface area contributed by atoms with E-state index in [1.807, 2.05) is 24.5 Å². The molecule has 3 atom stereocenters. The van der Waals surface area contributed by atoms with Crippen LogP contribution >= 0.6 is 0 Å². The number of rotatable bonds is 8. The second kappa shape index (κ2) is 13.1. The lowest BCUT2D eigenvalue weighted by molar-refractivity contribution is -0.136. The molecule has 8 rings (SSSR count). The Morgan fingerprint density at radius 2 is 1.66 bits per heavy atom. The number of carbonyl (C=O) groups excluding carboxylic acids is 3. The van der Waals surface area contributed by atoms with Crippen molar-refractivity contribution in [1.82, 2.24) is 25.1 Å². The summed E-state index contributed by atoms with van der Waals surface area (Å²) in [5.41, 5.74) is 4.98. The van der Waals surface area contributed by atoms with Crippen LogP contribution in [-0.4, -0.2) is 79.9 Å². The van der Waals surface area contributed by atoms with E-state index in [0.29, 0.717) is 55.4 Å². The highest BCUT2D eigenvalue weighted by molar-refractivity contribution is 6.05. The normalized spacial score (nSPS) is 26.4. The molecule has 5 aliphatic rings. The van der Waals surface area contributed by atoms with Gasteiger partial charge in [-0.15, -0.1) is 0 Å². The Balaban J connectivity index is 0.846. The van der Waals surface area contributed by atoms with Crippen LogP contribution in [0.15, 0.2) is 54.9 Å². The highest BCUT2D eigenvalue weighted by Gasteiger charge is 2.42. The van der Waals surface area contributed by atoms with Crippen molar-refractivity contribution < 1.29 is 19.5 Å². The first kappa shape index (κ1) is 32.8. The molecule has 2 bridgehead atoms. The summed E-state index contributed by atoms with van der Waals surface area (Å²) in [7, 11) is 0. The molecular weight excluding hydrogens is 630 g/mol. The van der Waals surface area contributed by atoms with Gasteiger partial charge in [-0.1, -0.05) is 38.1 Å². The minimum atomic E-state index is -0.968. The van der Waals surface area contributed by atoms with E-state index in [4.69, 9.17) is 0 Å². The van der Waals surface area contributed by atoms with Crippen molar-refractivity contribution in [3.8, 4) is 0 Å². The second-order valence-corrected chi connectivity index (χ2v) is 15.3. The van der Waals surface area contributed by atoms with Gasteiger partial charge in [0.1, 0.15) is 6.04 Å². The van der Waals surface area contributed by atoms with Gasteiger partial charge in [0.05, 0.1) is 5.60 Å². The van der Waals surface area contributed by atoms with Crippen LogP contribution in [0.4, 0.5) is 11.6 Å². The molecule has 0 saturated carbocycles. The first-order chi connectivity index (χ1) is 24.1. The second-order valence-electron chi connectivity index (χ2n) is 15.3. The minimum absolute atomic E-state index is 0.193. The number of likely N-dealkylation sites (tertiary alicyclic amines) is 1. The largest absolute Gasteiger partial charge is 0.385 e. The fourth-order valence-corrected chi connectivity index (χ4v) is 8.88. The van der Waals surface area contributed by atoms with Crippen molar-refractivity contribution in [2.75, 3.05) is 23.3 Å². The lowest BCUT2D eigenvalue weighted by Crippen LogP contribution is -2.52. The summed E-state index contributed by atoms with van der Waals surface area (Å²) in [5, 5.41) is 17.7. The number of anilines is 2. The summed E-state index contributed by atoms with van der Waals surface area (Å²) in [4.78, 5) is 52.9. The topological polar surface area (TPSA) is 131 Å². The Morgan fingerprint density at radius 1 is 0.960 bits per heavy atom. The third-order valence-electron chi connectivity index (χ3n) is 11.8. The quantitative estimate of drug-likeness (QED) is 0.296. The van der Waals surface area contributed by atoms with Crippen LogP contribution in [0.1, 0.15) is 104 Å². The summed E-state index contributed by atoms with van der Waals surface area (Å²) in [6.45, 7) is 7.00. The number of amides is 3. The van der Waals surface area contributed by atoms with Gasteiger partial charge in [-0.05, 0) is 91.3 Å². The summed E-state index contributed by atoms with van der Waals surface area (Å²) in [6, 6.07) is 15.5. The molecule has 2 aromatic carbocycles. The third-order valence-corrected chi connectivity index (χ3v) is 11.8.